The molecule has 29 heavy (non-hydrogen) atoms. The van der Waals surface area contributed by atoms with Crippen LogP contribution in [-0.4, -0.2) is 49.8 Å². The van der Waals surface area contributed by atoms with Crippen LogP contribution in [0.5, 0.6) is 0 Å². The summed E-state index contributed by atoms with van der Waals surface area (Å²) in [5.41, 5.74) is 1.15. The zero-order valence-electron chi connectivity index (χ0n) is 16.6. The first-order chi connectivity index (χ1) is 13.8. The van der Waals surface area contributed by atoms with Gasteiger partial charge in [0.2, 0.25) is 15.9 Å². The largest absolute Gasteiger partial charge is 0.361 e. The molecule has 2 aromatic rings. The Morgan fingerprint density at radius 3 is 2.59 bits per heavy atom. The molecule has 3 rings (SSSR count). The second-order valence-corrected chi connectivity index (χ2v) is 9.82. The third-order valence-electron chi connectivity index (χ3n) is 4.88. The maximum atomic E-state index is 12.9. The second kappa shape index (κ2) is 9.10. The van der Waals surface area contributed by atoms with Crippen LogP contribution in [0.3, 0.4) is 0 Å². The molecule has 0 spiro atoms. The number of hydrogen-bond acceptors (Lipinski definition) is 5. The van der Waals surface area contributed by atoms with Crippen LogP contribution in [-0.2, 0) is 21.4 Å². The molecule has 0 aromatic carbocycles. The Labute approximate surface area is 174 Å². The van der Waals surface area contributed by atoms with E-state index < -0.39 is 10.0 Å². The van der Waals surface area contributed by atoms with Crippen LogP contribution in [0.25, 0.3) is 0 Å². The summed E-state index contributed by atoms with van der Waals surface area (Å²) in [6.07, 6.45) is 1.87. The zero-order chi connectivity index (χ0) is 21.0. The smallest absolute Gasteiger partial charge is 0.257 e. The van der Waals surface area contributed by atoms with Gasteiger partial charge in [-0.25, -0.2) is 13.1 Å². The summed E-state index contributed by atoms with van der Waals surface area (Å²) >= 11 is 1.54. The van der Waals surface area contributed by atoms with Gasteiger partial charge in [0.1, 0.15) is 4.90 Å². The molecule has 3 N–H and O–H groups in total. The van der Waals surface area contributed by atoms with Crippen molar-refractivity contribution in [2.75, 3.05) is 19.6 Å². The Balaban J connectivity index is 1.64. The number of sulfonamides is 1. The van der Waals surface area contributed by atoms with Crippen molar-refractivity contribution >= 4 is 33.2 Å². The monoisotopic (exact) mass is 438 g/mol. The molecule has 8 nitrogen and oxygen atoms in total. The molecule has 3 heterocycles. The lowest BCUT2D eigenvalue weighted by atomic mass is 10.2. The SMILES string of the molecule is Cc1[nH]c(C)c(S(=O)(=O)NCCC(=O)NCc2cccs2)c1C(=O)N1CCCC1. The lowest BCUT2D eigenvalue weighted by Gasteiger charge is -2.17. The highest BCUT2D eigenvalue weighted by atomic mass is 32.2. The summed E-state index contributed by atoms with van der Waals surface area (Å²) in [6, 6.07) is 3.83. The minimum absolute atomic E-state index is 0.0163. The highest BCUT2D eigenvalue weighted by molar-refractivity contribution is 7.89. The van der Waals surface area contributed by atoms with Crippen LogP contribution in [0.4, 0.5) is 0 Å². The minimum Gasteiger partial charge on any atom is -0.361 e. The van der Waals surface area contributed by atoms with E-state index in [1.807, 2.05) is 17.5 Å². The summed E-state index contributed by atoms with van der Waals surface area (Å²) in [7, 11) is -3.94. The average Bonchev–Trinajstić information content (AvgIpc) is 3.40. The lowest BCUT2D eigenvalue weighted by Crippen LogP contribution is -2.33. The van der Waals surface area contributed by atoms with Gasteiger partial charge < -0.3 is 15.2 Å². The first kappa shape index (κ1) is 21.5. The number of nitrogens with zero attached hydrogens (tertiary/aromatic N) is 1. The van der Waals surface area contributed by atoms with Gasteiger partial charge >= 0.3 is 0 Å². The molecule has 2 amide bonds. The van der Waals surface area contributed by atoms with Crippen molar-refractivity contribution in [2.45, 2.75) is 44.6 Å². The van der Waals surface area contributed by atoms with Crippen LogP contribution in [0.15, 0.2) is 22.4 Å². The fourth-order valence-electron chi connectivity index (χ4n) is 3.49. The number of amides is 2. The summed E-state index contributed by atoms with van der Waals surface area (Å²) in [4.78, 5) is 30.5. The van der Waals surface area contributed by atoms with Gasteiger partial charge in [0.25, 0.3) is 5.91 Å². The van der Waals surface area contributed by atoms with Crippen LogP contribution >= 0.6 is 11.3 Å². The van der Waals surface area contributed by atoms with Crippen molar-refractivity contribution in [1.82, 2.24) is 19.9 Å². The number of aryl methyl sites for hydroxylation is 2. The second-order valence-electron chi connectivity index (χ2n) is 7.08. The van der Waals surface area contributed by atoms with E-state index in [1.165, 1.54) is 0 Å². The van der Waals surface area contributed by atoms with E-state index in [2.05, 4.69) is 15.0 Å². The van der Waals surface area contributed by atoms with E-state index in [0.717, 1.165) is 17.7 Å². The van der Waals surface area contributed by atoms with Gasteiger partial charge in [-0.1, -0.05) is 6.07 Å². The van der Waals surface area contributed by atoms with E-state index in [4.69, 9.17) is 0 Å². The molecule has 158 valence electrons. The lowest BCUT2D eigenvalue weighted by molar-refractivity contribution is -0.121. The highest BCUT2D eigenvalue weighted by Crippen LogP contribution is 2.26. The molecule has 2 aromatic heterocycles. The predicted molar refractivity (Wildman–Crippen MR) is 111 cm³/mol. The Kier molecular flexibility index (Phi) is 6.76. The van der Waals surface area contributed by atoms with Crippen LogP contribution in [0.2, 0.25) is 0 Å². The molecule has 0 aliphatic carbocycles. The van der Waals surface area contributed by atoms with E-state index in [-0.39, 0.29) is 35.2 Å². The quantitative estimate of drug-likeness (QED) is 0.585. The molecule has 1 aliphatic rings. The summed E-state index contributed by atoms with van der Waals surface area (Å²) in [5, 5.41) is 4.69. The van der Waals surface area contributed by atoms with Gasteiger partial charge in [0.05, 0.1) is 12.1 Å². The standard InChI is InChI=1S/C19H26N4O4S2/c1-13-17(19(25)23-9-3-4-10-23)18(14(2)22-13)29(26,27)21-8-7-16(24)20-12-15-6-5-11-28-15/h5-6,11,21-22H,3-4,7-10,12H2,1-2H3,(H,20,24). The molecular weight excluding hydrogens is 412 g/mol. The first-order valence-electron chi connectivity index (χ1n) is 9.57. The Morgan fingerprint density at radius 1 is 1.21 bits per heavy atom. The number of hydrogen-bond donors (Lipinski definition) is 3. The number of aromatic amines is 1. The molecular formula is C19H26N4O4S2. The zero-order valence-corrected chi connectivity index (χ0v) is 18.2. The average molecular weight is 439 g/mol. The molecule has 0 bridgehead atoms. The van der Waals surface area contributed by atoms with Crippen molar-refractivity contribution in [3.05, 3.63) is 39.3 Å². The van der Waals surface area contributed by atoms with Gasteiger partial charge in [-0.15, -0.1) is 11.3 Å². The fourth-order valence-corrected chi connectivity index (χ4v) is 5.61. The molecule has 0 atom stereocenters. The van der Waals surface area contributed by atoms with Crippen molar-refractivity contribution < 1.29 is 18.0 Å². The minimum atomic E-state index is -3.94. The molecule has 0 saturated carbocycles. The summed E-state index contributed by atoms with van der Waals surface area (Å²) in [6.45, 7) is 5.00. The third-order valence-corrected chi connectivity index (χ3v) is 7.39. The topological polar surface area (TPSA) is 111 Å². The van der Waals surface area contributed by atoms with Crippen molar-refractivity contribution in [3.63, 3.8) is 0 Å². The van der Waals surface area contributed by atoms with E-state index in [1.54, 1.807) is 30.1 Å². The Bertz CT molecular complexity index is 974. The van der Waals surface area contributed by atoms with E-state index in [9.17, 15) is 18.0 Å². The third kappa shape index (κ3) is 5.06. The van der Waals surface area contributed by atoms with Crippen molar-refractivity contribution in [1.29, 1.82) is 0 Å². The molecule has 1 fully saturated rings. The number of carbonyl (C=O) groups excluding carboxylic acids is 2. The van der Waals surface area contributed by atoms with Gasteiger partial charge in [-0.2, -0.15) is 0 Å². The summed E-state index contributed by atoms with van der Waals surface area (Å²) in [5.74, 6) is -0.505. The normalized spacial score (nSPS) is 14.3. The number of carbonyl (C=O) groups is 2. The van der Waals surface area contributed by atoms with Crippen LogP contribution in [0.1, 0.15) is 45.9 Å². The number of aromatic nitrogens is 1. The van der Waals surface area contributed by atoms with Gasteiger partial charge in [0, 0.05) is 42.3 Å². The predicted octanol–water partition coefficient (Wildman–Crippen LogP) is 1.91. The first-order valence-corrected chi connectivity index (χ1v) is 11.9. The molecule has 10 heteroatoms. The van der Waals surface area contributed by atoms with Gasteiger partial charge in [-0.05, 0) is 38.1 Å². The molecule has 1 saturated heterocycles. The van der Waals surface area contributed by atoms with Crippen molar-refractivity contribution in [3.8, 4) is 0 Å². The Hall–Kier alpha value is -2.17. The summed E-state index contributed by atoms with van der Waals surface area (Å²) < 4.78 is 28.3. The molecule has 0 radical (unpaired) electrons. The molecule has 0 unspecified atom stereocenters. The van der Waals surface area contributed by atoms with Crippen LogP contribution in [0, 0.1) is 13.8 Å². The fraction of sp³-hybridized carbons (Fsp3) is 0.474. The number of H-pyrrole nitrogens is 1. The van der Waals surface area contributed by atoms with E-state index in [0.29, 0.717) is 31.0 Å². The molecule has 1 aliphatic heterocycles. The van der Waals surface area contributed by atoms with Crippen LogP contribution < -0.4 is 10.0 Å². The number of thiophene rings is 1. The van der Waals surface area contributed by atoms with Crippen molar-refractivity contribution in [2.24, 2.45) is 0 Å². The Morgan fingerprint density at radius 2 is 1.93 bits per heavy atom. The number of likely N-dealkylation sites (tertiary alicyclic amines) is 1. The van der Waals surface area contributed by atoms with E-state index >= 15 is 0 Å². The maximum absolute atomic E-state index is 12.9. The van der Waals surface area contributed by atoms with Gasteiger partial charge in [0.15, 0.2) is 0 Å². The highest BCUT2D eigenvalue weighted by Gasteiger charge is 2.32. The maximum Gasteiger partial charge on any atom is 0.257 e. The number of nitrogens with one attached hydrogen (secondary N) is 3. The number of rotatable bonds is 8. The van der Waals surface area contributed by atoms with Gasteiger partial charge in [-0.3, -0.25) is 9.59 Å².